The Kier molecular flexibility index (Phi) is 2.66. The number of rotatable bonds is 3. The number of para-hydroxylation sites is 1. The van der Waals surface area contributed by atoms with Gasteiger partial charge in [-0.3, -0.25) is 4.79 Å². The monoisotopic (exact) mass is 230 g/mol. The standard InChI is InChI=1S/C12H10N2O3/c13-10(15)5-4-7-6-14-11-8(7)2-1-3-9(11)12(16)17/h1-6,14H,(H2,13,15)(H,16,17)/b5-4-. The largest absolute Gasteiger partial charge is 0.478 e. The van der Waals surface area contributed by atoms with Crippen molar-refractivity contribution in [2.24, 2.45) is 5.73 Å². The highest BCUT2D eigenvalue weighted by atomic mass is 16.4. The number of carbonyl (C=O) groups is 2. The molecule has 0 aliphatic rings. The van der Waals surface area contributed by atoms with E-state index in [9.17, 15) is 9.59 Å². The minimum Gasteiger partial charge on any atom is -0.478 e. The number of benzene rings is 1. The van der Waals surface area contributed by atoms with E-state index in [2.05, 4.69) is 4.98 Å². The highest BCUT2D eigenvalue weighted by Gasteiger charge is 2.10. The van der Waals surface area contributed by atoms with Gasteiger partial charge in [-0.1, -0.05) is 12.1 Å². The molecule has 0 radical (unpaired) electrons. The minimum absolute atomic E-state index is 0.196. The average molecular weight is 230 g/mol. The lowest BCUT2D eigenvalue weighted by atomic mass is 10.1. The molecule has 0 saturated carbocycles. The maximum Gasteiger partial charge on any atom is 0.337 e. The summed E-state index contributed by atoms with van der Waals surface area (Å²) >= 11 is 0. The van der Waals surface area contributed by atoms with E-state index in [0.29, 0.717) is 5.52 Å². The number of fused-ring (bicyclic) bond motifs is 1. The van der Waals surface area contributed by atoms with Gasteiger partial charge in [-0.2, -0.15) is 0 Å². The number of nitrogens with two attached hydrogens (primary N) is 1. The molecule has 5 nitrogen and oxygen atoms in total. The van der Waals surface area contributed by atoms with E-state index in [-0.39, 0.29) is 5.56 Å². The summed E-state index contributed by atoms with van der Waals surface area (Å²) in [7, 11) is 0. The molecular weight excluding hydrogens is 220 g/mol. The van der Waals surface area contributed by atoms with E-state index < -0.39 is 11.9 Å². The van der Waals surface area contributed by atoms with Crippen molar-refractivity contribution in [3.63, 3.8) is 0 Å². The van der Waals surface area contributed by atoms with Gasteiger partial charge in [-0.15, -0.1) is 0 Å². The molecule has 0 bridgehead atoms. The summed E-state index contributed by atoms with van der Waals surface area (Å²) in [6.07, 6.45) is 4.42. The third-order valence-corrected chi connectivity index (χ3v) is 2.41. The molecule has 2 rings (SSSR count). The second kappa shape index (κ2) is 4.13. The lowest BCUT2D eigenvalue weighted by Crippen LogP contribution is -2.04. The van der Waals surface area contributed by atoms with Gasteiger partial charge in [-0.05, 0) is 17.7 Å². The number of carboxylic acid groups (broad SMARTS) is 1. The molecule has 5 heteroatoms. The van der Waals surface area contributed by atoms with Gasteiger partial charge in [0.2, 0.25) is 5.91 Å². The van der Waals surface area contributed by atoms with Crippen LogP contribution >= 0.6 is 0 Å². The number of carbonyl (C=O) groups excluding carboxylic acids is 1. The van der Waals surface area contributed by atoms with E-state index in [0.717, 1.165) is 10.9 Å². The summed E-state index contributed by atoms with van der Waals surface area (Å²) in [5.74, 6) is -1.54. The van der Waals surface area contributed by atoms with E-state index >= 15 is 0 Å². The van der Waals surface area contributed by atoms with Gasteiger partial charge in [-0.25, -0.2) is 4.79 Å². The first-order valence-electron chi connectivity index (χ1n) is 4.90. The zero-order valence-corrected chi connectivity index (χ0v) is 8.81. The Balaban J connectivity index is 2.59. The predicted octanol–water partition coefficient (Wildman–Crippen LogP) is 1.36. The lowest BCUT2D eigenvalue weighted by Gasteiger charge is -1.96. The Bertz CT molecular complexity index is 626. The lowest BCUT2D eigenvalue weighted by molar-refractivity contribution is -0.113. The third-order valence-electron chi connectivity index (χ3n) is 2.41. The van der Waals surface area contributed by atoms with Crippen LogP contribution in [-0.4, -0.2) is 22.0 Å². The molecule has 1 amide bonds. The fourth-order valence-corrected chi connectivity index (χ4v) is 1.66. The molecule has 0 unspecified atom stereocenters. The topological polar surface area (TPSA) is 96.2 Å². The molecule has 1 heterocycles. The van der Waals surface area contributed by atoms with Crippen molar-refractivity contribution in [2.45, 2.75) is 0 Å². The van der Waals surface area contributed by atoms with Gasteiger partial charge >= 0.3 is 5.97 Å². The molecule has 0 saturated heterocycles. The molecule has 86 valence electrons. The van der Waals surface area contributed by atoms with Gasteiger partial charge in [0.1, 0.15) is 0 Å². The fraction of sp³-hybridized carbons (Fsp3) is 0. The van der Waals surface area contributed by atoms with Crippen LogP contribution in [0, 0.1) is 0 Å². The Hall–Kier alpha value is -2.56. The van der Waals surface area contributed by atoms with Gasteiger partial charge in [0.05, 0.1) is 11.1 Å². The number of amides is 1. The number of aromatic nitrogens is 1. The number of hydrogen-bond acceptors (Lipinski definition) is 2. The van der Waals surface area contributed by atoms with Crippen molar-refractivity contribution in [2.75, 3.05) is 0 Å². The molecule has 0 aliphatic carbocycles. The number of primary amides is 1. The van der Waals surface area contributed by atoms with Crippen molar-refractivity contribution >= 4 is 28.9 Å². The Morgan fingerprint density at radius 2 is 2.12 bits per heavy atom. The highest BCUT2D eigenvalue weighted by Crippen LogP contribution is 2.22. The van der Waals surface area contributed by atoms with Gasteiger partial charge in [0.15, 0.2) is 0 Å². The fourth-order valence-electron chi connectivity index (χ4n) is 1.66. The number of nitrogens with one attached hydrogen (secondary N) is 1. The molecule has 1 aromatic heterocycles. The third kappa shape index (κ3) is 2.03. The number of aromatic amines is 1. The molecule has 0 atom stereocenters. The molecular formula is C12H10N2O3. The zero-order chi connectivity index (χ0) is 12.4. The van der Waals surface area contributed by atoms with Crippen LogP contribution in [0.5, 0.6) is 0 Å². The number of H-pyrrole nitrogens is 1. The summed E-state index contributed by atoms with van der Waals surface area (Å²) in [6, 6.07) is 4.95. The maximum absolute atomic E-state index is 11.0. The molecule has 0 aliphatic heterocycles. The molecule has 0 fully saturated rings. The first-order valence-corrected chi connectivity index (χ1v) is 4.90. The maximum atomic E-state index is 11.0. The Morgan fingerprint density at radius 3 is 2.76 bits per heavy atom. The molecule has 0 spiro atoms. The van der Waals surface area contributed by atoms with Gasteiger partial charge in [0, 0.05) is 17.7 Å². The Morgan fingerprint density at radius 1 is 1.35 bits per heavy atom. The molecule has 1 aromatic carbocycles. The summed E-state index contributed by atoms with van der Waals surface area (Å²) < 4.78 is 0. The van der Waals surface area contributed by atoms with Crippen LogP contribution in [-0.2, 0) is 4.79 Å². The van der Waals surface area contributed by atoms with Crippen molar-refractivity contribution in [3.05, 3.63) is 41.6 Å². The minimum atomic E-state index is -0.997. The van der Waals surface area contributed by atoms with Crippen LogP contribution in [0.3, 0.4) is 0 Å². The molecule has 17 heavy (non-hydrogen) atoms. The van der Waals surface area contributed by atoms with E-state index in [4.69, 9.17) is 10.8 Å². The summed E-state index contributed by atoms with van der Waals surface area (Å²) in [5.41, 5.74) is 6.45. The number of aromatic carboxylic acids is 1. The summed E-state index contributed by atoms with van der Waals surface area (Å²) in [6.45, 7) is 0. The zero-order valence-electron chi connectivity index (χ0n) is 8.81. The number of hydrogen-bond donors (Lipinski definition) is 3. The van der Waals surface area contributed by atoms with Crippen molar-refractivity contribution in [1.29, 1.82) is 0 Å². The first kappa shape index (κ1) is 10.9. The van der Waals surface area contributed by atoms with Crippen LogP contribution in [0.2, 0.25) is 0 Å². The normalized spacial score (nSPS) is 11.1. The second-order valence-corrected chi connectivity index (χ2v) is 3.51. The Labute approximate surface area is 96.5 Å². The predicted molar refractivity (Wildman–Crippen MR) is 63.5 cm³/mol. The summed E-state index contributed by atoms with van der Waals surface area (Å²) in [4.78, 5) is 24.5. The molecule has 4 N–H and O–H groups in total. The van der Waals surface area contributed by atoms with Crippen LogP contribution in [0.4, 0.5) is 0 Å². The average Bonchev–Trinajstić information content (AvgIpc) is 2.68. The quantitative estimate of drug-likeness (QED) is 0.694. The van der Waals surface area contributed by atoms with Crippen LogP contribution in [0.1, 0.15) is 15.9 Å². The SMILES string of the molecule is NC(=O)/C=C\c1c[nH]c2c(C(=O)O)cccc12. The van der Waals surface area contributed by atoms with Crippen LogP contribution in [0.25, 0.3) is 17.0 Å². The first-order chi connectivity index (χ1) is 8.09. The number of carboxylic acids is 1. The van der Waals surface area contributed by atoms with E-state index in [1.165, 1.54) is 12.1 Å². The molecule has 2 aromatic rings. The smallest absolute Gasteiger partial charge is 0.337 e. The second-order valence-electron chi connectivity index (χ2n) is 3.51. The van der Waals surface area contributed by atoms with Crippen LogP contribution < -0.4 is 5.73 Å². The van der Waals surface area contributed by atoms with Crippen LogP contribution in [0.15, 0.2) is 30.5 Å². The van der Waals surface area contributed by atoms with E-state index in [1.807, 2.05) is 0 Å². The van der Waals surface area contributed by atoms with Gasteiger partial charge in [0.25, 0.3) is 0 Å². The van der Waals surface area contributed by atoms with Crippen molar-refractivity contribution in [3.8, 4) is 0 Å². The van der Waals surface area contributed by atoms with Crippen molar-refractivity contribution < 1.29 is 14.7 Å². The highest BCUT2D eigenvalue weighted by molar-refractivity contribution is 6.05. The van der Waals surface area contributed by atoms with E-state index in [1.54, 1.807) is 24.4 Å². The summed E-state index contributed by atoms with van der Waals surface area (Å²) in [5, 5.41) is 9.74. The van der Waals surface area contributed by atoms with Gasteiger partial charge < -0.3 is 15.8 Å². The van der Waals surface area contributed by atoms with Crippen molar-refractivity contribution in [1.82, 2.24) is 4.98 Å².